The summed E-state index contributed by atoms with van der Waals surface area (Å²) >= 11 is 0. The van der Waals surface area contributed by atoms with Crippen molar-refractivity contribution in [2.75, 3.05) is 80.2 Å². The number of nitrogens with zero attached hydrogens (tertiary/aromatic N) is 4. The number of benzene rings is 2. The van der Waals surface area contributed by atoms with Gasteiger partial charge in [-0.1, -0.05) is 12.1 Å². The molecule has 0 atom stereocenters. The Bertz CT molecular complexity index is 1300. The molecule has 2 aromatic carbocycles. The number of likely N-dealkylation sites (N-methyl/N-ethyl adjacent to an activating group) is 2. The van der Waals surface area contributed by atoms with Crippen molar-refractivity contribution in [2.45, 2.75) is 37.1 Å². The molecule has 2 saturated heterocycles. The van der Waals surface area contributed by atoms with Gasteiger partial charge in [0.15, 0.2) is 0 Å². The highest BCUT2D eigenvalue weighted by molar-refractivity contribution is 7.89. The van der Waals surface area contributed by atoms with Crippen LogP contribution < -0.4 is 4.74 Å². The first kappa shape index (κ1) is 31.4. The van der Waals surface area contributed by atoms with Crippen LogP contribution in [0.1, 0.15) is 29.5 Å². The minimum absolute atomic E-state index is 0.0953. The molecular weight excluding hydrogens is 547 g/mol. The van der Waals surface area contributed by atoms with E-state index in [1.807, 2.05) is 6.07 Å². The SMILES string of the molecule is COc1cc(C)c(S(=O)(=O)N(C)CCOCC(=O)N2CCC(c3cccc(F)c3)(N3CCN(C)CC3)CC2)c(C)c1. The van der Waals surface area contributed by atoms with Crippen molar-refractivity contribution in [1.29, 1.82) is 0 Å². The van der Waals surface area contributed by atoms with Gasteiger partial charge in [-0.2, -0.15) is 4.31 Å². The second kappa shape index (κ2) is 13.2. The van der Waals surface area contributed by atoms with Crippen molar-refractivity contribution < 1.29 is 27.1 Å². The van der Waals surface area contributed by atoms with Crippen LogP contribution in [0.3, 0.4) is 0 Å². The van der Waals surface area contributed by atoms with Crippen molar-refractivity contribution in [3.63, 3.8) is 0 Å². The van der Waals surface area contributed by atoms with Crippen LogP contribution in [-0.2, 0) is 25.1 Å². The van der Waals surface area contributed by atoms with E-state index < -0.39 is 10.0 Å². The summed E-state index contributed by atoms with van der Waals surface area (Å²) in [6.45, 7) is 8.40. The van der Waals surface area contributed by atoms with Gasteiger partial charge in [0.2, 0.25) is 15.9 Å². The van der Waals surface area contributed by atoms with E-state index in [-0.39, 0.29) is 41.9 Å². The number of carbonyl (C=O) groups is 1. The molecule has 0 N–H and O–H groups in total. The molecule has 11 heteroatoms. The lowest BCUT2D eigenvalue weighted by Gasteiger charge is -2.51. The Morgan fingerprint density at radius 3 is 2.24 bits per heavy atom. The molecule has 0 spiro atoms. The third-order valence-electron chi connectivity index (χ3n) is 8.53. The number of aryl methyl sites for hydroxylation is 2. The van der Waals surface area contributed by atoms with Crippen molar-refractivity contribution >= 4 is 15.9 Å². The maximum absolute atomic E-state index is 14.2. The second-order valence-corrected chi connectivity index (χ2v) is 13.2. The van der Waals surface area contributed by atoms with Crippen LogP contribution in [0.5, 0.6) is 5.75 Å². The predicted molar refractivity (Wildman–Crippen MR) is 156 cm³/mol. The van der Waals surface area contributed by atoms with E-state index in [2.05, 4.69) is 16.8 Å². The molecule has 2 aliphatic heterocycles. The van der Waals surface area contributed by atoms with Gasteiger partial charge < -0.3 is 19.3 Å². The van der Waals surface area contributed by atoms with Crippen molar-refractivity contribution in [3.05, 3.63) is 58.9 Å². The lowest BCUT2D eigenvalue weighted by molar-refractivity contribution is -0.139. The number of ether oxygens (including phenoxy) is 2. The molecule has 0 radical (unpaired) electrons. The third-order valence-corrected chi connectivity index (χ3v) is 10.7. The number of hydrogen-bond donors (Lipinski definition) is 0. The fourth-order valence-corrected chi connectivity index (χ4v) is 7.64. The Balaban J connectivity index is 1.32. The molecule has 2 heterocycles. The van der Waals surface area contributed by atoms with E-state index >= 15 is 0 Å². The second-order valence-electron chi connectivity index (χ2n) is 11.2. The maximum Gasteiger partial charge on any atom is 0.248 e. The molecule has 1 amide bonds. The van der Waals surface area contributed by atoms with Crippen LogP contribution in [0.25, 0.3) is 0 Å². The van der Waals surface area contributed by atoms with Crippen LogP contribution in [0, 0.1) is 19.7 Å². The molecule has 0 bridgehead atoms. The lowest BCUT2D eigenvalue weighted by atomic mass is 9.78. The van der Waals surface area contributed by atoms with E-state index in [1.165, 1.54) is 17.4 Å². The molecule has 226 valence electrons. The number of rotatable bonds is 10. The number of likely N-dealkylation sites (tertiary alicyclic amines) is 1. The number of hydrogen-bond acceptors (Lipinski definition) is 7. The molecule has 2 aliphatic rings. The van der Waals surface area contributed by atoms with Gasteiger partial charge in [0, 0.05) is 58.4 Å². The summed E-state index contributed by atoms with van der Waals surface area (Å²) in [7, 11) is 1.44. The monoisotopic (exact) mass is 590 g/mol. The van der Waals surface area contributed by atoms with E-state index in [0.717, 1.165) is 31.7 Å². The van der Waals surface area contributed by atoms with Crippen LogP contribution in [0.4, 0.5) is 4.39 Å². The van der Waals surface area contributed by atoms with Gasteiger partial charge in [-0.3, -0.25) is 9.69 Å². The largest absolute Gasteiger partial charge is 0.497 e. The summed E-state index contributed by atoms with van der Waals surface area (Å²) in [6, 6.07) is 10.3. The number of carbonyl (C=O) groups excluding carboxylic acids is 1. The third kappa shape index (κ3) is 6.91. The molecule has 4 rings (SSSR count). The van der Waals surface area contributed by atoms with Crippen molar-refractivity contribution in [2.24, 2.45) is 0 Å². The minimum Gasteiger partial charge on any atom is -0.497 e. The predicted octanol–water partition coefficient (Wildman–Crippen LogP) is 2.85. The first-order chi connectivity index (χ1) is 19.5. The molecule has 0 aliphatic carbocycles. The number of amides is 1. The van der Waals surface area contributed by atoms with E-state index in [9.17, 15) is 17.6 Å². The summed E-state index contributed by atoms with van der Waals surface area (Å²) in [5.74, 6) is 0.244. The molecule has 0 saturated carbocycles. The lowest BCUT2D eigenvalue weighted by Crippen LogP contribution is -2.59. The standard InChI is InChI=1S/C30H43FN4O5S/c1-23-19-27(39-5)20-24(2)29(23)41(37,38)33(4)17-18-40-22-28(36)34-11-9-30(10-12-34,25-7-6-8-26(31)21-25)35-15-13-32(3)14-16-35/h6-8,19-21H,9-18,22H2,1-5H3. The maximum atomic E-state index is 14.2. The van der Waals surface area contributed by atoms with E-state index in [4.69, 9.17) is 9.47 Å². The molecule has 41 heavy (non-hydrogen) atoms. The topological polar surface area (TPSA) is 82.6 Å². The quantitative estimate of drug-likeness (QED) is 0.394. The summed E-state index contributed by atoms with van der Waals surface area (Å²) in [5, 5.41) is 0. The number of halogens is 1. The van der Waals surface area contributed by atoms with Crippen LogP contribution >= 0.6 is 0 Å². The van der Waals surface area contributed by atoms with Crippen molar-refractivity contribution in [3.8, 4) is 5.75 Å². The number of piperidine rings is 1. The van der Waals surface area contributed by atoms with Gasteiger partial charge in [-0.25, -0.2) is 12.8 Å². The number of sulfonamides is 1. The molecule has 2 aromatic rings. The summed E-state index contributed by atoms with van der Waals surface area (Å²) in [6.07, 6.45) is 1.43. The van der Waals surface area contributed by atoms with Gasteiger partial charge in [-0.15, -0.1) is 0 Å². The molecular formula is C30H43FN4O5S. The first-order valence-electron chi connectivity index (χ1n) is 14.1. The van der Waals surface area contributed by atoms with Crippen molar-refractivity contribution in [1.82, 2.24) is 19.0 Å². The fraction of sp³-hybridized carbons (Fsp3) is 0.567. The highest BCUT2D eigenvalue weighted by atomic mass is 32.2. The molecule has 0 unspecified atom stereocenters. The average molecular weight is 591 g/mol. The van der Waals surface area contributed by atoms with Gasteiger partial charge in [0.1, 0.15) is 18.2 Å². The number of piperazine rings is 1. The Morgan fingerprint density at radius 1 is 1.02 bits per heavy atom. The van der Waals surface area contributed by atoms with Gasteiger partial charge in [0.25, 0.3) is 0 Å². The van der Waals surface area contributed by atoms with E-state index in [1.54, 1.807) is 50.1 Å². The zero-order valence-corrected chi connectivity index (χ0v) is 25.7. The highest BCUT2D eigenvalue weighted by Crippen LogP contribution is 2.40. The Hall–Kier alpha value is -2.57. The molecule has 9 nitrogen and oxygen atoms in total. The Morgan fingerprint density at radius 2 is 1.66 bits per heavy atom. The Kier molecular flexibility index (Phi) is 10.1. The smallest absolute Gasteiger partial charge is 0.248 e. The average Bonchev–Trinajstić information content (AvgIpc) is 2.95. The van der Waals surface area contributed by atoms with Gasteiger partial charge in [-0.05, 0) is 74.7 Å². The zero-order valence-electron chi connectivity index (χ0n) is 24.9. The Labute approximate surface area is 243 Å². The normalized spacial score (nSPS) is 18.6. The van der Waals surface area contributed by atoms with Crippen LogP contribution in [-0.4, -0.2) is 114 Å². The zero-order chi connectivity index (χ0) is 29.8. The van der Waals surface area contributed by atoms with Gasteiger partial charge >= 0.3 is 0 Å². The summed E-state index contributed by atoms with van der Waals surface area (Å²) in [5.41, 5.74) is 1.88. The molecule has 0 aromatic heterocycles. The summed E-state index contributed by atoms with van der Waals surface area (Å²) in [4.78, 5) is 19.8. The summed E-state index contributed by atoms with van der Waals surface area (Å²) < 4.78 is 52.8. The first-order valence-corrected chi connectivity index (χ1v) is 15.6. The molecule has 2 fully saturated rings. The minimum atomic E-state index is -3.74. The van der Waals surface area contributed by atoms with E-state index in [0.29, 0.717) is 42.8 Å². The number of methoxy groups -OCH3 is 1. The van der Waals surface area contributed by atoms with Crippen LogP contribution in [0.2, 0.25) is 0 Å². The fourth-order valence-electron chi connectivity index (χ4n) is 6.08. The van der Waals surface area contributed by atoms with Crippen LogP contribution in [0.15, 0.2) is 41.3 Å². The highest BCUT2D eigenvalue weighted by Gasteiger charge is 2.43. The van der Waals surface area contributed by atoms with Gasteiger partial charge in [0.05, 0.1) is 18.6 Å².